The van der Waals surface area contributed by atoms with Gasteiger partial charge in [-0.25, -0.2) is 13.8 Å². The molecular weight excluding hydrogens is 438 g/mol. The van der Waals surface area contributed by atoms with E-state index in [1.54, 1.807) is 0 Å². The van der Waals surface area contributed by atoms with Crippen LogP contribution in [0.2, 0.25) is 0 Å². The minimum Gasteiger partial charge on any atom is -0.385 e. The van der Waals surface area contributed by atoms with E-state index < -0.39 is 34.1 Å². The average Bonchev–Trinajstić information content (AvgIpc) is 2.77. The molecule has 0 aromatic heterocycles. The molecule has 0 spiro atoms. The van der Waals surface area contributed by atoms with Gasteiger partial charge >= 0.3 is 11.6 Å². The Morgan fingerprint density at radius 2 is 1.76 bits per heavy atom. The van der Waals surface area contributed by atoms with E-state index in [0.29, 0.717) is 11.4 Å². The molecule has 12 heteroatoms. The van der Waals surface area contributed by atoms with Crippen LogP contribution in [0.4, 0.5) is 20.2 Å². The van der Waals surface area contributed by atoms with Crippen molar-refractivity contribution in [2.75, 3.05) is 10.6 Å². The highest BCUT2D eigenvalue weighted by atomic mass is 19.2. The zero-order valence-corrected chi connectivity index (χ0v) is 16.8. The van der Waals surface area contributed by atoms with Crippen LogP contribution >= 0.6 is 0 Å². The van der Waals surface area contributed by atoms with Crippen molar-refractivity contribution in [2.24, 2.45) is 10.7 Å². The number of anilines is 2. The Morgan fingerprint density at radius 3 is 2.33 bits per heavy atom. The van der Waals surface area contributed by atoms with Gasteiger partial charge in [0.1, 0.15) is 11.7 Å². The van der Waals surface area contributed by atoms with E-state index in [2.05, 4.69) is 27.5 Å². The molecule has 0 bridgehead atoms. The van der Waals surface area contributed by atoms with E-state index in [1.165, 1.54) is 24.3 Å². The van der Waals surface area contributed by atoms with Crippen LogP contribution in [-0.2, 0) is 4.79 Å². The molecule has 1 aliphatic rings. The average molecular weight is 454 g/mol. The number of aliphatic imine (C=N–C) groups is 1. The maximum atomic E-state index is 13.3. The summed E-state index contributed by atoms with van der Waals surface area (Å²) in [4.78, 5) is 38.1. The molecule has 1 heterocycles. The Bertz CT molecular complexity index is 1250. The van der Waals surface area contributed by atoms with Crippen LogP contribution in [0.25, 0.3) is 0 Å². The van der Waals surface area contributed by atoms with Gasteiger partial charge in [-0.1, -0.05) is 6.58 Å². The number of nitrogens with one attached hydrogen (secondary N) is 3. The Hall–Kier alpha value is -4.87. The Morgan fingerprint density at radius 1 is 1.12 bits per heavy atom. The summed E-state index contributed by atoms with van der Waals surface area (Å²) in [7, 11) is 0. The van der Waals surface area contributed by atoms with E-state index in [9.17, 15) is 28.5 Å². The zero-order valence-electron chi connectivity index (χ0n) is 16.8. The number of carbonyl (C=O) groups is 2. The van der Waals surface area contributed by atoms with Gasteiger partial charge in [0.05, 0.1) is 10.5 Å². The maximum Gasteiger partial charge on any atom is 0.334 e. The number of hydrogen-bond acceptors (Lipinski definition) is 7. The van der Waals surface area contributed by atoms with Gasteiger partial charge < -0.3 is 21.7 Å². The quantitative estimate of drug-likeness (QED) is 0.389. The highest BCUT2D eigenvalue weighted by Gasteiger charge is 2.31. The van der Waals surface area contributed by atoms with Gasteiger partial charge in [-0.05, 0) is 42.5 Å². The molecule has 0 fully saturated rings. The maximum absolute atomic E-state index is 13.3. The minimum absolute atomic E-state index is 0.0268. The first-order chi connectivity index (χ1) is 15.7. The number of nitro groups is 1. The predicted octanol–water partition coefficient (Wildman–Crippen LogP) is 2.63. The number of benzene rings is 2. The molecule has 0 radical (unpaired) electrons. The second-order valence-electron chi connectivity index (χ2n) is 6.51. The number of halogens is 2. The van der Waals surface area contributed by atoms with Gasteiger partial charge in [-0.3, -0.25) is 19.7 Å². The van der Waals surface area contributed by atoms with Crippen LogP contribution in [0.1, 0.15) is 10.4 Å². The summed E-state index contributed by atoms with van der Waals surface area (Å²) in [5.74, 6) is -3.87. The lowest BCUT2D eigenvalue weighted by atomic mass is 10.1. The third kappa shape index (κ3) is 5.25. The molecule has 1 aliphatic heterocycles. The molecule has 168 valence electrons. The number of nitrogens with two attached hydrogens (primary N) is 1. The third-order valence-corrected chi connectivity index (χ3v) is 4.31. The molecule has 0 atom stereocenters. The van der Waals surface area contributed by atoms with Crippen molar-refractivity contribution in [2.45, 2.75) is 0 Å². The van der Waals surface area contributed by atoms with Gasteiger partial charge in [-0.15, -0.1) is 0 Å². The molecule has 0 saturated heterocycles. The number of hydrogen-bond donors (Lipinski definition) is 4. The fraction of sp³-hybridized carbons (Fsp3) is 0. The molecule has 10 nitrogen and oxygen atoms in total. The highest BCUT2D eigenvalue weighted by molar-refractivity contribution is 6.17. The first-order valence-electron chi connectivity index (χ1n) is 9.19. The van der Waals surface area contributed by atoms with Crippen LogP contribution in [0.5, 0.6) is 0 Å². The summed E-state index contributed by atoms with van der Waals surface area (Å²) in [6.45, 7) is 3.42. The van der Waals surface area contributed by atoms with E-state index in [-0.39, 0.29) is 22.8 Å². The third-order valence-electron chi connectivity index (χ3n) is 4.31. The van der Waals surface area contributed by atoms with E-state index in [4.69, 9.17) is 5.73 Å². The summed E-state index contributed by atoms with van der Waals surface area (Å²) in [5, 5.41) is 18.7. The molecule has 0 saturated carbocycles. The first kappa shape index (κ1) is 22.8. The second-order valence-corrected chi connectivity index (χ2v) is 6.51. The number of rotatable bonds is 6. The standard InChI is InChI=1S/C21H16F2N6O4/c1-2-25-19-14(10-17(29(32)33)21(31)28-19)18(24)26-12-4-6-13(7-5-12)27-20(30)11-3-8-15(22)16(23)9-11/h2-10,26H,1,24H2,(H,27,30)(H,25,28,31)/b18-14+. The Balaban J connectivity index is 1.79. The van der Waals surface area contributed by atoms with Crippen molar-refractivity contribution >= 4 is 29.0 Å². The number of amides is 2. The molecule has 0 aliphatic carbocycles. The van der Waals surface area contributed by atoms with Crippen molar-refractivity contribution in [3.63, 3.8) is 0 Å². The largest absolute Gasteiger partial charge is 0.385 e. The molecule has 2 aromatic rings. The van der Waals surface area contributed by atoms with Crippen molar-refractivity contribution in [1.82, 2.24) is 5.32 Å². The molecule has 3 rings (SSSR count). The molecule has 2 amide bonds. The van der Waals surface area contributed by atoms with Gasteiger partial charge in [-0.2, -0.15) is 0 Å². The molecular formula is C21H16F2N6O4. The Kier molecular flexibility index (Phi) is 6.57. The Labute approximate surface area is 185 Å². The first-order valence-corrected chi connectivity index (χ1v) is 9.19. The predicted molar refractivity (Wildman–Crippen MR) is 116 cm³/mol. The van der Waals surface area contributed by atoms with Crippen LogP contribution in [0.15, 0.2) is 83.4 Å². The smallest absolute Gasteiger partial charge is 0.334 e. The molecule has 5 N–H and O–H groups in total. The summed E-state index contributed by atoms with van der Waals surface area (Å²) in [6, 6.07) is 8.88. The van der Waals surface area contributed by atoms with Crippen molar-refractivity contribution in [1.29, 1.82) is 0 Å². The van der Waals surface area contributed by atoms with Gasteiger partial charge in [0.15, 0.2) is 11.6 Å². The van der Waals surface area contributed by atoms with Crippen LogP contribution in [0.3, 0.4) is 0 Å². The van der Waals surface area contributed by atoms with Crippen molar-refractivity contribution < 1.29 is 23.3 Å². The van der Waals surface area contributed by atoms with E-state index >= 15 is 0 Å². The minimum atomic E-state index is -1.14. The number of nitrogens with zero attached hydrogens (tertiary/aromatic N) is 2. The second kappa shape index (κ2) is 9.51. The summed E-state index contributed by atoms with van der Waals surface area (Å²) >= 11 is 0. The summed E-state index contributed by atoms with van der Waals surface area (Å²) in [5.41, 5.74) is 6.12. The monoisotopic (exact) mass is 454 g/mol. The molecule has 33 heavy (non-hydrogen) atoms. The van der Waals surface area contributed by atoms with E-state index in [0.717, 1.165) is 30.5 Å². The molecule has 2 aromatic carbocycles. The van der Waals surface area contributed by atoms with Crippen molar-refractivity contribution in [3.05, 3.63) is 106 Å². The van der Waals surface area contributed by atoms with Crippen molar-refractivity contribution in [3.8, 4) is 0 Å². The highest BCUT2D eigenvalue weighted by Crippen LogP contribution is 2.19. The van der Waals surface area contributed by atoms with Crippen LogP contribution < -0.4 is 21.7 Å². The normalized spacial score (nSPS) is 15.9. The number of amidine groups is 1. The fourth-order valence-corrected chi connectivity index (χ4v) is 2.74. The molecule has 0 unspecified atom stereocenters. The SMILES string of the molecule is C=C/N=C1/NC(=O)C([N+](=O)[O-])=C/C1=C(/N)Nc1ccc(NC(=O)c2ccc(F)c(F)c2)cc1. The van der Waals surface area contributed by atoms with Crippen LogP contribution in [-0.4, -0.2) is 22.6 Å². The summed E-state index contributed by atoms with van der Waals surface area (Å²) in [6.07, 6.45) is 2.12. The summed E-state index contributed by atoms with van der Waals surface area (Å²) < 4.78 is 26.3. The van der Waals surface area contributed by atoms with Gasteiger partial charge in [0.25, 0.3) is 5.91 Å². The van der Waals surface area contributed by atoms with E-state index in [1.807, 2.05) is 0 Å². The van der Waals surface area contributed by atoms with Crippen LogP contribution in [0, 0.1) is 21.7 Å². The fourth-order valence-electron chi connectivity index (χ4n) is 2.74. The van der Waals surface area contributed by atoms with Gasteiger partial charge in [0, 0.05) is 29.2 Å². The number of carbonyl (C=O) groups excluding carboxylic acids is 2. The lowest BCUT2D eigenvalue weighted by Crippen LogP contribution is -2.40. The zero-order chi connectivity index (χ0) is 24.1. The lowest BCUT2D eigenvalue weighted by molar-refractivity contribution is -0.419. The topological polar surface area (TPSA) is 152 Å². The van der Waals surface area contributed by atoms with Gasteiger partial charge in [0.2, 0.25) is 0 Å². The lowest BCUT2D eigenvalue weighted by Gasteiger charge is -2.17.